The van der Waals surface area contributed by atoms with Crippen LogP contribution in [0.15, 0.2) is 23.0 Å². The summed E-state index contributed by atoms with van der Waals surface area (Å²) < 4.78 is 13.5. The highest BCUT2D eigenvalue weighted by Gasteiger charge is 2.07. The van der Waals surface area contributed by atoms with Crippen LogP contribution < -0.4 is 5.43 Å². The molecule has 0 aliphatic carbocycles. The van der Waals surface area contributed by atoms with Gasteiger partial charge in [0.15, 0.2) is 5.43 Å². The second-order valence-corrected chi connectivity index (χ2v) is 3.76. The molecule has 2 aromatic rings. The van der Waals surface area contributed by atoms with Crippen molar-refractivity contribution in [3.05, 3.63) is 45.0 Å². The van der Waals surface area contributed by atoms with Crippen LogP contribution in [0, 0.1) is 5.82 Å². The molecule has 1 N–H and O–H groups in total. The molecule has 0 aliphatic heterocycles. The van der Waals surface area contributed by atoms with Crippen LogP contribution in [0.25, 0.3) is 10.9 Å². The van der Waals surface area contributed by atoms with E-state index in [0.717, 1.165) is 0 Å². The number of aromatic nitrogens is 1. The Bertz CT molecular complexity index is 577. The van der Waals surface area contributed by atoms with Crippen molar-refractivity contribution in [3.63, 3.8) is 0 Å². The number of halogens is 2. The first-order valence-electron chi connectivity index (χ1n) is 4.62. The molecule has 0 aliphatic rings. The lowest BCUT2D eigenvalue weighted by Gasteiger charge is -2.03. The second-order valence-electron chi connectivity index (χ2n) is 3.32. The molecule has 4 heteroatoms. The summed E-state index contributed by atoms with van der Waals surface area (Å²) in [6.07, 6.45) is 0.660. The number of H-pyrrole nitrogens is 1. The molecule has 15 heavy (non-hydrogen) atoms. The Hall–Kier alpha value is -1.35. The normalized spacial score (nSPS) is 10.9. The van der Waals surface area contributed by atoms with Crippen LogP contribution in [0.4, 0.5) is 4.39 Å². The molecule has 0 atom stereocenters. The first-order chi connectivity index (χ1) is 7.11. The highest BCUT2D eigenvalue weighted by molar-refractivity contribution is 6.31. The predicted molar refractivity (Wildman–Crippen MR) is 58.9 cm³/mol. The number of hydrogen-bond donors (Lipinski definition) is 1. The molecule has 0 amide bonds. The summed E-state index contributed by atoms with van der Waals surface area (Å²) in [6, 6.07) is 4.13. The molecule has 2 nitrogen and oxygen atoms in total. The van der Waals surface area contributed by atoms with Crippen molar-refractivity contribution in [1.82, 2.24) is 4.98 Å². The lowest BCUT2D eigenvalue weighted by molar-refractivity contribution is 0.636. The van der Waals surface area contributed by atoms with Crippen LogP contribution in [0.5, 0.6) is 0 Å². The van der Waals surface area contributed by atoms with Gasteiger partial charge in [-0.3, -0.25) is 4.79 Å². The van der Waals surface area contributed by atoms with Crippen LogP contribution in [-0.2, 0) is 6.42 Å². The maximum absolute atomic E-state index is 13.5. The average molecular weight is 226 g/mol. The van der Waals surface area contributed by atoms with Gasteiger partial charge in [-0.25, -0.2) is 4.39 Å². The van der Waals surface area contributed by atoms with Crippen molar-refractivity contribution in [3.8, 4) is 0 Å². The van der Waals surface area contributed by atoms with Crippen LogP contribution in [0.2, 0.25) is 5.02 Å². The molecule has 1 heterocycles. The zero-order valence-corrected chi connectivity index (χ0v) is 8.86. The van der Waals surface area contributed by atoms with Crippen LogP contribution in [0.1, 0.15) is 12.6 Å². The summed E-state index contributed by atoms with van der Waals surface area (Å²) in [6.45, 7) is 1.89. The average Bonchev–Trinajstić information content (AvgIpc) is 2.19. The molecule has 0 bridgehead atoms. The number of nitrogens with one attached hydrogen (secondary N) is 1. The highest BCUT2D eigenvalue weighted by Crippen LogP contribution is 2.19. The monoisotopic (exact) mass is 225 g/mol. The molecular weight excluding hydrogens is 217 g/mol. The molecule has 0 spiro atoms. The van der Waals surface area contributed by atoms with Crippen molar-refractivity contribution in [1.29, 1.82) is 0 Å². The zero-order valence-electron chi connectivity index (χ0n) is 8.10. The molecule has 2 rings (SSSR count). The van der Waals surface area contributed by atoms with E-state index in [2.05, 4.69) is 4.98 Å². The maximum atomic E-state index is 13.5. The quantitative estimate of drug-likeness (QED) is 0.795. The summed E-state index contributed by atoms with van der Waals surface area (Å²) in [5.74, 6) is -0.495. The van der Waals surface area contributed by atoms with E-state index >= 15 is 0 Å². The number of fused-ring (bicyclic) bond motifs is 1. The van der Waals surface area contributed by atoms with Gasteiger partial charge >= 0.3 is 0 Å². The number of rotatable bonds is 1. The third-order valence-electron chi connectivity index (χ3n) is 2.29. The van der Waals surface area contributed by atoms with Gasteiger partial charge in [0.2, 0.25) is 0 Å². The Morgan fingerprint density at radius 2 is 2.13 bits per heavy atom. The van der Waals surface area contributed by atoms with E-state index < -0.39 is 5.82 Å². The van der Waals surface area contributed by atoms with Gasteiger partial charge in [-0.2, -0.15) is 0 Å². The van der Waals surface area contributed by atoms with Gasteiger partial charge in [0, 0.05) is 22.2 Å². The molecule has 78 valence electrons. The molecule has 0 radical (unpaired) electrons. The first-order valence-corrected chi connectivity index (χ1v) is 5.00. The summed E-state index contributed by atoms with van der Waals surface area (Å²) >= 11 is 5.68. The third-order valence-corrected chi connectivity index (χ3v) is 2.51. The van der Waals surface area contributed by atoms with E-state index in [0.29, 0.717) is 12.1 Å². The SMILES string of the molecule is CCc1cc(=O)c2cc(Cl)cc(F)c2[nH]1. The van der Waals surface area contributed by atoms with Gasteiger partial charge in [-0.05, 0) is 18.6 Å². The number of aryl methyl sites for hydroxylation is 1. The fraction of sp³-hybridized carbons (Fsp3) is 0.182. The number of pyridine rings is 1. The number of aromatic amines is 1. The van der Waals surface area contributed by atoms with Gasteiger partial charge in [-0.15, -0.1) is 0 Å². The third kappa shape index (κ3) is 1.75. The van der Waals surface area contributed by atoms with Crippen LogP contribution in [0.3, 0.4) is 0 Å². The van der Waals surface area contributed by atoms with E-state index in [1.165, 1.54) is 18.2 Å². The Balaban J connectivity index is 2.91. The summed E-state index contributed by atoms with van der Waals surface area (Å²) in [4.78, 5) is 14.5. The summed E-state index contributed by atoms with van der Waals surface area (Å²) in [7, 11) is 0. The van der Waals surface area contributed by atoms with Crippen molar-refractivity contribution in [2.24, 2.45) is 0 Å². The molecule has 0 saturated carbocycles. The van der Waals surface area contributed by atoms with Gasteiger partial charge < -0.3 is 4.98 Å². The predicted octanol–water partition coefficient (Wildman–Crippen LogP) is 2.88. The molecule has 0 saturated heterocycles. The first kappa shape index (κ1) is 10.2. The fourth-order valence-electron chi connectivity index (χ4n) is 1.52. The Kier molecular flexibility index (Phi) is 2.49. The van der Waals surface area contributed by atoms with Crippen molar-refractivity contribution in [2.75, 3.05) is 0 Å². The van der Waals surface area contributed by atoms with Crippen molar-refractivity contribution >= 4 is 22.5 Å². The zero-order chi connectivity index (χ0) is 11.0. The van der Waals surface area contributed by atoms with Crippen molar-refractivity contribution < 1.29 is 4.39 Å². The smallest absolute Gasteiger partial charge is 0.189 e. The standard InChI is InChI=1S/C11H9ClFNO/c1-2-7-5-10(15)8-3-6(12)4-9(13)11(8)14-7/h3-5H,2H2,1H3,(H,14,15). The number of hydrogen-bond acceptors (Lipinski definition) is 1. The van der Waals surface area contributed by atoms with E-state index in [1.54, 1.807) is 0 Å². The highest BCUT2D eigenvalue weighted by atomic mass is 35.5. The van der Waals surface area contributed by atoms with Crippen LogP contribution in [-0.4, -0.2) is 4.98 Å². The summed E-state index contributed by atoms with van der Waals surface area (Å²) in [5.41, 5.74) is 0.736. The largest absolute Gasteiger partial charge is 0.356 e. The van der Waals surface area contributed by atoms with Crippen LogP contribution >= 0.6 is 11.6 Å². The lowest BCUT2D eigenvalue weighted by Crippen LogP contribution is -2.05. The fourth-order valence-corrected chi connectivity index (χ4v) is 1.72. The maximum Gasteiger partial charge on any atom is 0.189 e. The summed E-state index contributed by atoms with van der Waals surface area (Å²) in [5, 5.41) is 0.520. The molecular formula is C11H9ClFNO. The topological polar surface area (TPSA) is 32.9 Å². The minimum atomic E-state index is -0.495. The Labute approximate surface area is 90.7 Å². The van der Waals surface area contributed by atoms with E-state index in [4.69, 9.17) is 11.6 Å². The van der Waals surface area contributed by atoms with E-state index in [1.807, 2.05) is 6.92 Å². The molecule has 0 unspecified atom stereocenters. The molecule has 1 aromatic heterocycles. The van der Waals surface area contributed by atoms with Gasteiger partial charge in [0.25, 0.3) is 0 Å². The van der Waals surface area contributed by atoms with Crippen molar-refractivity contribution in [2.45, 2.75) is 13.3 Å². The van der Waals surface area contributed by atoms with Gasteiger partial charge in [0.05, 0.1) is 5.52 Å². The second kappa shape index (κ2) is 3.66. The molecule has 1 aromatic carbocycles. The lowest BCUT2D eigenvalue weighted by atomic mass is 10.1. The minimum absolute atomic E-state index is 0.206. The Morgan fingerprint density at radius 1 is 1.40 bits per heavy atom. The van der Waals surface area contributed by atoms with Gasteiger partial charge in [0.1, 0.15) is 5.82 Å². The van der Waals surface area contributed by atoms with Gasteiger partial charge in [-0.1, -0.05) is 18.5 Å². The Morgan fingerprint density at radius 3 is 2.80 bits per heavy atom. The van der Waals surface area contributed by atoms with E-state index in [9.17, 15) is 9.18 Å². The minimum Gasteiger partial charge on any atom is -0.356 e. The molecule has 0 fully saturated rings. The van der Waals surface area contributed by atoms with E-state index in [-0.39, 0.29) is 21.4 Å². The number of benzene rings is 1.